The Morgan fingerprint density at radius 1 is 1.19 bits per heavy atom. The predicted octanol–water partition coefficient (Wildman–Crippen LogP) is 4.63. The smallest absolute Gasteiger partial charge is 0.322 e. The number of halogens is 1. The molecular formula is C23H26FN5OS. The van der Waals surface area contributed by atoms with Crippen molar-refractivity contribution in [3.05, 3.63) is 70.8 Å². The normalized spacial score (nSPS) is 16.5. The molecule has 0 bridgehead atoms. The molecule has 0 spiro atoms. The van der Waals surface area contributed by atoms with E-state index in [0.717, 1.165) is 33.3 Å². The number of hydrogen-bond donors (Lipinski definition) is 1. The first-order valence-corrected chi connectivity index (χ1v) is 11.1. The van der Waals surface area contributed by atoms with Gasteiger partial charge in [-0.2, -0.15) is 4.37 Å². The zero-order valence-electron chi connectivity index (χ0n) is 17.9. The number of nitrogens with one attached hydrogen (secondary N) is 1. The second-order valence-electron chi connectivity index (χ2n) is 7.96. The molecule has 162 valence electrons. The van der Waals surface area contributed by atoms with Crippen molar-refractivity contribution < 1.29 is 9.18 Å². The van der Waals surface area contributed by atoms with Crippen LogP contribution in [0.4, 0.5) is 20.0 Å². The highest BCUT2D eigenvalue weighted by molar-refractivity contribution is 7.09. The van der Waals surface area contributed by atoms with Gasteiger partial charge in [-0.15, -0.1) is 0 Å². The van der Waals surface area contributed by atoms with Crippen molar-refractivity contribution in [3.8, 4) is 0 Å². The zero-order chi connectivity index (χ0) is 22.0. The van der Waals surface area contributed by atoms with Crippen LogP contribution in [-0.2, 0) is 6.42 Å². The Labute approximate surface area is 185 Å². The van der Waals surface area contributed by atoms with Crippen LogP contribution in [0, 0.1) is 19.7 Å². The molecule has 3 aromatic rings. The number of hydrogen-bond acceptors (Lipinski definition) is 5. The number of urea groups is 1. The molecule has 1 aromatic heterocycles. The summed E-state index contributed by atoms with van der Waals surface area (Å²) < 4.78 is 17.6. The summed E-state index contributed by atoms with van der Waals surface area (Å²) in [6.07, 6.45) is 0.574. The first-order chi connectivity index (χ1) is 14.9. The lowest BCUT2D eigenvalue weighted by Crippen LogP contribution is -2.55. The van der Waals surface area contributed by atoms with E-state index in [1.54, 1.807) is 12.1 Å². The molecule has 8 heteroatoms. The number of rotatable bonds is 4. The molecule has 1 saturated heterocycles. The summed E-state index contributed by atoms with van der Waals surface area (Å²) >= 11 is 1.37. The highest BCUT2D eigenvalue weighted by Crippen LogP contribution is 2.24. The maximum atomic E-state index is 13.1. The highest BCUT2D eigenvalue weighted by atomic mass is 32.1. The fraction of sp³-hybridized carbons (Fsp3) is 0.348. The Kier molecular flexibility index (Phi) is 6.18. The van der Waals surface area contributed by atoms with E-state index in [1.165, 1.54) is 23.7 Å². The van der Waals surface area contributed by atoms with Gasteiger partial charge >= 0.3 is 6.03 Å². The van der Waals surface area contributed by atoms with Gasteiger partial charge in [0.1, 0.15) is 11.6 Å². The van der Waals surface area contributed by atoms with Gasteiger partial charge in [-0.1, -0.05) is 24.3 Å². The summed E-state index contributed by atoms with van der Waals surface area (Å²) in [5, 5.41) is 3.92. The van der Waals surface area contributed by atoms with Crippen molar-refractivity contribution in [3.63, 3.8) is 0 Å². The monoisotopic (exact) mass is 439 g/mol. The summed E-state index contributed by atoms with van der Waals surface area (Å²) in [6.45, 7) is 8.13. The number of anilines is 2. The van der Waals surface area contributed by atoms with Crippen molar-refractivity contribution in [1.29, 1.82) is 0 Å². The molecule has 0 radical (unpaired) electrons. The molecule has 0 saturated carbocycles. The maximum absolute atomic E-state index is 13.1. The Morgan fingerprint density at radius 3 is 2.71 bits per heavy atom. The molecule has 1 fully saturated rings. The van der Waals surface area contributed by atoms with Gasteiger partial charge in [0.05, 0.1) is 0 Å². The summed E-state index contributed by atoms with van der Waals surface area (Å²) in [7, 11) is 0. The van der Waals surface area contributed by atoms with Gasteiger partial charge in [0.25, 0.3) is 0 Å². The molecule has 1 atom stereocenters. The summed E-state index contributed by atoms with van der Waals surface area (Å²) in [5.74, 6) is 0.485. The lowest BCUT2D eigenvalue weighted by molar-refractivity contribution is 0.185. The summed E-state index contributed by atoms with van der Waals surface area (Å²) in [5.41, 5.74) is 4.08. The molecular weight excluding hydrogens is 413 g/mol. The first-order valence-electron chi connectivity index (χ1n) is 10.4. The van der Waals surface area contributed by atoms with E-state index in [1.807, 2.05) is 36.9 Å². The van der Waals surface area contributed by atoms with Crippen molar-refractivity contribution in [2.45, 2.75) is 33.2 Å². The van der Waals surface area contributed by atoms with Crippen molar-refractivity contribution >= 4 is 28.4 Å². The number of aromatic nitrogens is 2. The van der Waals surface area contributed by atoms with Crippen LogP contribution >= 0.6 is 11.5 Å². The molecule has 0 aliphatic carbocycles. The van der Waals surface area contributed by atoms with E-state index in [-0.39, 0.29) is 17.9 Å². The summed E-state index contributed by atoms with van der Waals surface area (Å²) in [6, 6.07) is 12.3. The van der Waals surface area contributed by atoms with Gasteiger partial charge < -0.3 is 15.1 Å². The van der Waals surface area contributed by atoms with Crippen molar-refractivity contribution in [2.24, 2.45) is 0 Å². The lowest BCUT2D eigenvalue weighted by Gasteiger charge is -2.39. The quantitative estimate of drug-likeness (QED) is 0.644. The topological polar surface area (TPSA) is 61.4 Å². The van der Waals surface area contributed by atoms with Crippen LogP contribution in [0.3, 0.4) is 0 Å². The van der Waals surface area contributed by atoms with Crippen LogP contribution in [-0.4, -0.2) is 46.0 Å². The van der Waals surface area contributed by atoms with Crippen molar-refractivity contribution in [1.82, 2.24) is 14.3 Å². The van der Waals surface area contributed by atoms with Gasteiger partial charge in [-0.05, 0) is 55.7 Å². The Morgan fingerprint density at radius 2 is 1.97 bits per heavy atom. The molecule has 2 aromatic carbocycles. The summed E-state index contributed by atoms with van der Waals surface area (Å²) in [4.78, 5) is 21.6. The van der Waals surface area contributed by atoms with Crippen LogP contribution < -0.4 is 10.2 Å². The Balaban J connectivity index is 1.37. The second-order valence-corrected chi connectivity index (χ2v) is 8.69. The van der Waals surface area contributed by atoms with Crippen LogP contribution in [0.2, 0.25) is 0 Å². The predicted molar refractivity (Wildman–Crippen MR) is 122 cm³/mol. The zero-order valence-corrected chi connectivity index (χ0v) is 18.7. The minimum Gasteiger partial charge on any atom is -0.343 e. The number of carbonyl (C=O) groups excluding carboxylic acids is 1. The molecule has 1 aliphatic rings. The molecule has 31 heavy (non-hydrogen) atoms. The SMILES string of the molecule is Cc1cccc(NC(=O)N2CCN(c3nc(Cc4ccc(F)cc4)ns3)CC2C)c1C. The van der Waals surface area contributed by atoms with Gasteiger partial charge in [-0.25, -0.2) is 14.2 Å². The molecule has 1 N–H and O–H groups in total. The second kappa shape index (κ2) is 9.01. The van der Waals surface area contributed by atoms with Gasteiger partial charge in [-0.3, -0.25) is 0 Å². The maximum Gasteiger partial charge on any atom is 0.322 e. The highest BCUT2D eigenvalue weighted by Gasteiger charge is 2.29. The number of carbonyl (C=O) groups is 1. The lowest BCUT2D eigenvalue weighted by atomic mass is 10.1. The molecule has 1 aliphatic heterocycles. The largest absolute Gasteiger partial charge is 0.343 e. The number of benzene rings is 2. The molecule has 2 heterocycles. The molecule has 4 rings (SSSR count). The minimum absolute atomic E-state index is 0.0447. The van der Waals surface area contributed by atoms with Crippen molar-refractivity contribution in [2.75, 3.05) is 29.9 Å². The van der Waals surface area contributed by atoms with Gasteiger partial charge in [0.15, 0.2) is 0 Å². The average molecular weight is 440 g/mol. The third kappa shape index (κ3) is 4.85. The number of nitrogens with zero attached hydrogens (tertiary/aromatic N) is 4. The van der Waals surface area contributed by atoms with E-state index in [4.69, 9.17) is 0 Å². The van der Waals surface area contributed by atoms with E-state index in [2.05, 4.69) is 26.5 Å². The number of aryl methyl sites for hydroxylation is 1. The molecule has 1 unspecified atom stereocenters. The van der Waals surface area contributed by atoms with Crippen LogP contribution in [0.5, 0.6) is 0 Å². The Hall–Kier alpha value is -3.00. The van der Waals surface area contributed by atoms with Crippen LogP contribution in [0.25, 0.3) is 0 Å². The van der Waals surface area contributed by atoms with E-state index in [0.29, 0.717) is 26.1 Å². The average Bonchev–Trinajstić information content (AvgIpc) is 3.21. The molecule has 2 amide bonds. The fourth-order valence-electron chi connectivity index (χ4n) is 3.74. The standard InChI is InChI=1S/C23H26FN5OS/c1-15-5-4-6-20(17(15)3)25-22(30)29-12-11-28(14-16(29)2)23-26-21(27-31-23)13-18-7-9-19(24)10-8-18/h4-10,16H,11-14H2,1-3H3,(H,25,30). The number of piperazine rings is 1. The van der Waals surface area contributed by atoms with Gasteiger partial charge in [0.2, 0.25) is 5.13 Å². The number of amides is 2. The van der Waals surface area contributed by atoms with E-state index in [9.17, 15) is 9.18 Å². The third-order valence-electron chi connectivity index (χ3n) is 5.74. The Bertz CT molecular complexity index is 1070. The van der Waals surface area contributed by atoms with Crippen LogP contribution in [0.15, 0.2) is 42.5 Å². The van der Waals surface area contributed by atoms with Gasteiger partial charge in [0, 0.05) is 49.3 Å². The van der Waals surface area contributed by atoms with Crippen LogP contribution in [0.1, 0.15) is 29.4 Å². The van der Waals surface area contributed by atoms with E-state index >= 15 is 0 Å². The first kappa shape index (κ1) is 21.2. The van der Waals surface area contributed by atoms with E-state index < -0.39 is 0 Å². The molecule has 6 nitrogen and oxygen atoms in total. The fourth-order valence-corrected chi connectivity index (χ4v) is 4.46. The third-order valence-corrected chi connectivity index (χ3v) is 6.55. The minimum atomic E-state index is -0.246.